The van der Waals surface area contributed by atoms with Crippen LogP contribution in [0.3, 0.4) is 0 Å². The van der Waals surface area contributed by atoms with Crippen molar-refractivity contribution < 1.29 is 0 Å². The molecule has 0 spiro atoms. The first kappa shape index (κ1) is 11.5. The summed E-state index contributed by atoms with van der Waals surface area (Å²) in [5, 5.41) is 3.34. The van der Waals surface area contributed by atoms with Gasteiger partial charge >= 0.3 is 0 Å². The molecule has 2 heteroatoms. The number of rotatable bonds is 6. The van der Waals surface area contributed by atoms with Gasteiger partial charge in [-0.05, 0) is 43.0 Å². The minimum Gasteiger partial charge on any atom is -0.374 e. The average Bonchev–Trinajstić information content (AvgIpc) is 3.11. The van der Waals surface area contributed by atoms with Crippen LogP contribution in [0.1, 0.15) is 25.3 Å². The van der Waals surface area contributed by atoms with Crippen LogP contribution in [0.5, 0.6) is 0 Å². The van der Waals surface area contributed by atoms with E-state index >= 15 is 0 Å². The molecule has 0 amide bonds. The molecule has 1 N–H and O–H groups in total. The topological polar surface area (TPSA) is 15.3 Å². The van der Waals surface area contributed by atoms with Gasteiger partial charge in [0, 0.05) is 25.8 Å². The van der Waals surface area contributed by atoms with Gasteiger partial charge in [0.05, 0.1) is 0 Å². The summed E-state index contributed by atoms with van der Waals surface area (Å²) in [4.78, 5) is 2.37. The first-order chi connectivity index (χ1) is 7.79. The summed E-state index contributed by atoms with van der Waals surface area (Å²) in [6.45, 7) is 5.36. The summed E-state index contributed by atoms with van der Waals surface area (Å²) in [7, 11) is 2.19. The van der Waals surface area contributed by atoms with Crippen LogP contribution in [-0.2, 0) is 6.54 Å². The van der Waals surface area contributed by atoms with E-state index in [1.54, 1.807) is 0 Å². The van der Waals surface area contributed by atoms with Crippen LogP contribution in [0.2, 0.25) is 0 Å². The van der Waals surface area contributed by atoms with Crippen molar-refractivity contribution >= 4 is 5.69 Å². The van der Waals surface area contributed by atoms with Crippen LogP contribution in [0, 0.1) is 5.92 Å². The van der Waals surface area contributed by atoms with Crippen molar-refractivity contribution in [1.82, 2.24) is 5.32 Å². The zero-order valence-electron chi connectivity index (χ0n) is 10.4. The van der Waals surface area contributed by atoms with Crippen molar-refractivity contribution in [3.05, 3.63) is 29.8 Å². The maximum Gasteiger partial charge on any atom is 0.0363 e. The smallest absolute Gasteiger partial charge is 0.0363 e. The number of nitrogens with zero attached hydrogens (tertiary/aromatic N) is 1. The van der Waals surface area contributed by atoms with Gasteiger partial charge in [-0.15, -0.1) is 0 Å². The molecule has 0 radical (unpaired) electrons. The lowest BCUT2D eigenvalue weighted by Gasteiger charge is -2.19. The lowest BCUT2D eigenvalue weighted by atomic mass is 10.2. The van der Waals surface area contributed by atoms with E-state index in [-0.39, 0.29) is 0 Å². The fraction of sp³-hybridized carbons (Fsp3) is 0.571. The number of hydrogen-bond donors (Lipinski definition) is 1. The van der Waals surface area contributed by atoms with Crippen molar-refractivity contribution in [2.45, 2.75) is 26.3 Å². The Kier molecular flexibility index (Phi) is 3.83. The van der Waals surface area contributed by atoms with E-state index in [9.17, 15) is 0 Å². The quantitative estimate of drug-likeness (QED) is 0.789. The second-order valence-corrected chi connectivity index (χ2v) is 4.77. The average molecular weight is 218 g/mol. The Labute approximate surface area is 98.7 Å². The summed E-state index contributed by atoms with van der Waals surface area (Å²) in [6, 6.07) is 8.91. The van der Waals surface area contributed by atoms with Crippen LogP contribution in [0.15, 0.2) is 24.3 Å². The van der Waals surface area contributed by atoms with Gasteiger partial charge in [0.2, 0.25) is 0 Å². The van der Waals surface area contributed by atoms with Gasteiger partial charge < -0.3 is 10.2 Å². The normalized spacial score (nSPS) is 15.1. The molecular formula is C14H22N2. The monoisotopic (exact) mass is 218 g/mol. The first-order valence-corrected chi connectivity index (χ1v) is 6.30. The fourth-order valence-corrected chi connectivity index (χ4v) is 1.93. The summed E-state index contributed by atoms with van der Waals surface area (Å²) in [5.41, 5.74) is 2.71. The van der Waals surface area contributed by atoms with Gasteiger partial charge in [-0.3, -0.25) is 0 Å². The second-order valence-electron chi connectivity index (χ2n) is 4.77. The Morgan fingerprint density at radius 2 is 1.94 bits per heavy atom. The van der Waals surface area contributed by atoms with Crippen molar-refractivity contribution in [1.29, 1.82) is 0 Å². The van der Waals surface area contributed by atoms with Gasteiger partial charge in [-0.1, -0.05) is 19.1 Å². The van der Waals surface area contributed by atoms with E-state index < -0.39 is 0 Å². The number of hydrogen-bond acceptors (Lipinski definition) is 2. The molecule has 0 aromatic heterocycles. The standard InChI is InChI=1S/C14H22N2/c1-3-15-10-12-6-8-14(9-7-12)16(2)11-13-4-5-13/h6-9,13,15H,3-5,10-11H2,1-2H3. The Balaban J connectivity index is 1.89. The lowest BCUT2D eigenvalue weighted by molar-refractivity contribution is 0.726. The van der Waals surface area contributed by atoms with Crippen molar-refractivity contribution in [2.75, 3.05) is 25.0 Å². The Morgan fingerprint density at radius 3 is 2.50 bits per heavy atom. The maximum absolute atomic E-state index is 3.34. The van der Waals surface area contributed by atoms with Crippen molar-refractivity contribution in [3.8, 4) is 0 Å². The van der Waals surface area contributed by atoms with Crippen LogP contribution in [0.4, 0.5) is 5.69 Å². The van der Waals surface area contributed by atoms with Crippen LogP contribution in [0.25, 0.3) is 0 Å². The summed E-state index contributed by atoms with van der Waals surface area (Å²) in [6.07, 6.45) is 2.84. The zero-order chi connectivity index (χ0) is 11.4. The molecule has 0 bridgehead atoms. The third-order valence-corrected chi connectivity index (χ3v) is 3.19. The number of benzene rings is 1. The molecule has 88 valence electrons. The maximum atomic E-state index is 3.34. The molecule has 1 aliphatic carbocycles. The molecule has 1 fully saturated rings. The molecule has 0 unspecified atom stereocenters. The lowest BCUT2D eigenvalue weighted by Crippen LogP contribution is -2.19. The third kappa shape index (κ3) is 3.24. The first-order valence-electron chi connectivity index (χ1n) is 6.30. The largest absolute Gasteiger partial charge is 0.374 e. The predicted molar refractivity (Wildman–Crippen MR) is 69.8 cm³/mol. The summed E-state index contributed by atoms with van der Waals surface area (Å²) in [5.74, 6) is 0.950. The Hall–Kier alpha value is -1.02. The molecule has 2 nitrogen and oxygen atoms in total. The van der Waals surface area contributed by atoms with Gasteiger partial charge in [-0.2, -0.15) is 0 Å². The highest BCUT2D eigenvalue weighted by Crippen LogP contribution is 2.30. The summed E-state index contributed by atoms with van der Waals surface area (Å²) < 4.78 is 0. The van der Waals surface area contributed by atoms with Crippen LogP contribution >= 0.6 is 0 Å². The van der Waals surface area contributed by atoms with E-state index in [4.69, 9.17) is 0 Å². The minimum absolute atomic E-state index is 0.950. The molecule has 0 aliphatic heterocycles. The molecule has 0 atom stereocenters. The molecular weight excluding hydrogens is 196 g/mol. The Morgan fingerprint density at radius 1 is 1.25 bits per heavy atom. The van der Waals surface area contributed by atoms with E-state index in [1.807, 2.05) is 0 Å². The zero-order valence-corrected chi connectivity index (χ0v) is 10.4. The third-order valence-electron chi connectivity index (χ3n) is 3.19. The minimum atomic E-state index is 0.950. The van der Waals surface area contributed by atoms with Gasteiger partial charge in [0.15, 0.2) is 0 Å². The fourth-order valence-electron chi connectivity index (χ4n) is 1.93. The Bertz CT molecular complexity index is 314. The van der Waals surface area contributed by atoms with Crippen molar-refractivity contribution in [3.63, 3.8) is 0 Å². The van der Waals surface area contributed by atoms with Crippen molar-refractivity contribution in [2.24, 2.45) is 5.92 Å². The highest BCUT2D eigenvalue weighted by atomic mass is 15.1. The van der Waals surface area contributed by atoms with E-state index in [0.717, 1.165) is 19.0 Å². The van der Waals surface area contributed by atoms with Crippen LogP contribution < -0.4 is 10.2 Å². The molecule has 2 rings (SSSR count). The SMILES string of the molecule is CCNCc1ccc(N(C)CC2CC2)cc1. The predicted octanol–water partition coefficient (Wildman–Crippen LogP) is 2.64. The molecule has 1 aromatic carbocycles. The van der Waals surface area contributed by atoms with Gasteiger partial charge in [0.1, 0.15) is 0 Å². The molecule has 0 saturated heterocycles. The summed E-state index contributed by atoms with van der Waals surface area (Å²) >= 11 is 0. The van der Waals surface area contributed by atoms with E-state index in [2.05, 4.69) is 48.5 Å². The molecule has 0 heterocycles. The highest BCUT2D eigenvalue weighted by Gasteiger charge is 2.22. The number of anilines is 1. The van der Waals surface area contributed by atoms with Gasteiger partial charge in [0.25, 0.3) is 0 Å². The number of nitrogens with one attached hydrogen (secondary N) is 1. The van der Waals surface area contributed by atoms with E-state index in [0.29, 0.717) is 0 Å². The highest BCUT2D eigenvalue weighted by molar-refractivity contribution is 5.47. The molecule has 1 saturated carbocycles. The van der Waals surface area contributed by atoms with Gasteiger partial charge in [-0.25, -0.2) is 0 Å². The molecule has 1 aromatic rings. The molecule has 1 aliphatic rings. The molecule has 16 heavy (non-hydrogen) atoms. The van der Waals surface area contributed by atoms with E-state index in [1.165, 1.54) is 30.6 Å². The van der Waals surface area contributed by atoms with Crippen LogP contribution in [-0.4, -0.2) is 20.1 Å². The second kappa shape index (κ2) is 5.35.